The second-order valence-corrected chi connectivity index (χ2v) is 7.84. The molecule has 1 aromatic rings. The molecule has 1 aromatic heterocycles. The quantitative estimate of drug-likeness (QED) is 0.834. The third-order valence-electron chi connectivity index (χ3n) is 2.75. The second kappa shape index (κ2) is 6.99. The number of hydrogen-bond acceptors (Lipinski definition) is 5. The fraction of sp³-hybridized carbons (Fsp3) is 0.727. The molecule has 0 saturated heterocycles. The topological polar surface area (TPSA) is 62.3 Å². The summed E-state index contributed by atoms with van der Waals surface area (Å²) in [5, 5.41) is 0. The van der Waals surface area contributed by atoms with Gasteiger partial charge in [0.05, 0.1) is 5.69 Å². The van der Waals surface area contributed by atoms with E-state index in [0.29, 0.717) is 12.2 Å². The molecule has 110 valence electrons. The maximum Gasteiger partial charge on any atom is 0.252 e. The van der Waals surface area contributed by atoms with Gasteiger partial charge in [-0.1, -0.05) is 36.8 Å². The number of rotatable bonds is 7. The molecule has 0 radical (unpaired) electrons. The Balaban J connectivity index is 2.77. The minimum atomic E-state index is -3.54. The number of sulfonamides is 1. The summed E-state index contributed by atoms with van der Waals surface area (Å²) < 4.78 is 27.5. The summed E-state index contributed by atoms with van der Waals surface area (Å²) in [4.78, 5) is 6.10. The predicted octanol–water partition coefficient (Wildman–Crippen LogP) is 2.11. The van der Waals surface area contributed by atoms with Gasteiger partial charge >= 0.3 is 0 Å². The Morgan fingerprint density at radius 2 is 2.00 bits per heavy atom. The summed E-state index contributed by atoms with van der Waals surface area (Å²) in [5.41, 5.74) is 0.442. The summed E-state index contributed by atoms with van der Waals surface area (Å²) in [7, 11) is -3.54. The van der Waals surface area contributed by atoms with Crippen LogP contribution < -0.4 is 4.72 Å². The normalized spacial score (nSPS) is 14.0. The summed E-state index contributed by atoms with van der Waals surface area (Å²) in [6.45, 7) is 10.1. The van der Waals surface area contributed by atoms with Crippen LogP contribution in [0.5, 0.6) is 0 Å². The zero-order valence-corrected chi connectivity index (χ0v) is 14.0. The maximum absolute atomic E-state index is 12.2. The first-order chi connectivity index (χ1) is 8.80. The van der Waals surface area contributed by atoms with Crippen molar-refractivity contribution < 1.29 is 8.42 Å². The van der Waals surface area contributed by atoms with E-state index < -0.39 is 10.0 Å². The van der Waals surface area contributed by atoms with Gasteiger partial charge in [-0.25, -0.2) is 18.1 Å². The van der Waals surface area contributed by atoms with E-state index in [1.807, 2.05) is 6.92 Å². The van der Waals surface area contributed by atoms with Gasteiger partial charge in [0.2, 0.25) is 0 Å². The Kier molecular flexibility index (Phi) is 6.19. The predicted molar refractivity (Wildman–Crippen MR) is 79.4 cm³/mol. The Morgan fingerprint density at radius 3 is 2.42 bits per heavy atom. The SMILES string of the molecule is CCN(CC)CC(C)NS(=O)(=O)c1sc(Cl)nc1C. The molecule has 1 rings (SSSR count). The molecule has 0 aliphatic carbocycles. The molecule has 0 saturated carbocycles. The fourth-order valence-corrected chi connectivity index (χ4v) is 4.81. The smallest absolute Gasteiger partial charge is 0.252 e. The van der Waals surface area contributed by atoms with Crippen molar-refractivity contribution >= 4 is 33.0 Å². The maximum atomic E-state index is 12.2. The largest absolute Gasteiger partial charge is 0.302 e. The number of nitrogens with one attached hydrogen (secondary N) is 1. The van der Waals surface area contributed by atoms with E-state index in [9.17, 15) is 8.42 Å². The first kappa shape index (κ1) is 16.8. The van der Waals surface area contributed by atoms with Crippen molar-refractivity contribution in [3.8, 4) is 0 Å². The number of hydrogen-bond donors (Lipinski definition) is 1. The zero-order chi connectivity index (χ0) is 14.6. The highest BCUT2D eigenvalue weighted by molar-refractivity contribution is 7.91. The van der Waals surface area contributed by atoms with Crippen molar-refractivity contribution in [3.05, 3.63) is 10.2 Å². The Morgan fingerprint density at radius 1 is 1.42 bits per heavy atom. The van der Waals surface area contributed by atoms with E-state index in [4.69, 9.17) is 11.6 Å². The Hall–Kier alpha value is -0.210. The average molecular weight is 326 g/mol. The van der Waals surface area contributed by atoms with Gasteiger partial charge in [0.1, 0.15) is 0 Å². The lowest BCUT2D eigenvalue weighted by Gasteiger charge is -2.23. The Labute approximate surface area is 124 Å². The number of likely N-dealkylation sites (N-methyl/N-ethyl adjacent to an activating group) is 1. The highest BCUT2D eigenvalue weighted by Gasteiger charge is 2.23. The lowest BCUT2D eigenvalue weighted by molar-refractivity contribution is 0.282. The molecule has 0 amide bonds. The molecule has 0 aliphatic rings. The minimum Gasteiger partial charge on any atom is -0.302 e. The summed E-state index contributed by atoms with van der Waals surface area (Å²) in [5.74, 6) is 0. The van der Waals surface area contributed by atoms with Gasteiger partial charge in [0.25, 0.3) is 10.0 Å². The zero-order valence-electron chi connectivity index (χ0n) is 11.6. The molecular weight excluding hydrogens is 306 g/mol. The molecule has 8 heteroatoms. The average Bonchev–Trinajstić information content (AvgIpc) is 2.65. The van der Waals surface area contributed by atoms with Crippen LogP contribution in [0.4, 0.5) is 0 Å². The lowest BCUT2D eigenvalue weighted by atomic mass is 10.3. The molecule has 0 spiro atoms. The second-order valence-electron chi connectivity index (χ2n) is 4.35. The van der Waals surface area contributed by atoms with Gasteiger partial charge in [-0.05, 0) is 26.9 Å². The van der Waals surface area contributed by atoms with Gasteiger partial charge < -0.3 is 4.90 Å². The van der Waals surface area contributed by atoms with Crippen LogP contribution in [0.15, 0.2) is 4.21 Å². The standard InChI is InChI=1S/C11H20ClN3O2S2/c1-5-15(6-2)7-8(3)14-19(16,17)10-9(4)13-11(12)18-10/h8,14H,5-7H2,1-4H3. The van der Waals surface area contributed by atoms with Crippen LogP contribution in [0.3, 0.4) is 0 Å². The molecule has 1 unspecified atom stereocenters. The summed E-state index contributed by atoms with van der Waals surface area (Å²) >= 11 is 6.73. The van der Waals surface area contributed by atoms with Crippen LogP contribution in [-0.2, 0) is 10.0 Å². The Bertz CT molecular complexity index is 512. The lowest BCUT2D eigenvalue weighted by Crippen LogP contribution is -2.41. The molecule has 0 aliphatic heterocycles. The highest BCUT2D eigenvalue weighted by atomic mass is 35.5. The third kappa shape index (κ3) is 4.68. The van der Waals surface area contributed by atoms with Gasteiger partial charge in [-0.15, -0.1) is 0 Å². The molecule has 1 heterocycles. The first-order valence-corrected chi connectivity index (χ1v) is 8.85. The van der Waals surface area contributed by atoms with Gasteiger partial charge in [-0.3, -0.25) is 0 Å². The first-order valence-electron chi connectivity index (χ1n) is 6.17. The minimum absolute atomic E-state index is 0.162. The van der Waals surface area contributed by atoms with Gasteiger partial charge in [-0.2, -0.15) is 0 Å². The molecule has 5 nitrogen and oxygen atoms in total. The summed E-state index contributed by atoms with van der Waals surface area (Å²) in [6, 6.07) is -0.162. The number of thiazole rings is 1. The fourth-order valence-electron chi connectivity index (χ4n) is 1.82. The van der Waals surface area contributed by atoms with Crippen molar-refractivity contribution in [3.63, 3.8) is 0 Å². The van der Waals surface area contributed by atoms with Crippen molar-refractivity contribution in [1.82, 2.24) is 14.6 Å². The van der Waals surface area contributed by atoms with E-state index in [0.717, 1.165) is 24.4 Å². The number of aryl methyl sites for hydroxylation is 1. The monoisotopic (exact) mass is 325 g/mol. The van der Waals surface area contributed by atoms with Crippen LogP contribution in [0.25, 0.3) is 0 Å². The van der Waals surface area contributed by atoms with E-state index >= 15 is 0 Å². The number of halogens is 1. The van der Waals surface area contributed by atoms with E-state index in [1.165, 1.54) is 0 Å². The molecule has 1 atom stereocenters. The van der Waals surface area contributed by atoms with Crippen molar-refractivity contribution in [1.29, 1.82) is 0 Å². The van der Waals surface area contributed by atoms with Crippen LogP contribution in [0.1, 0.15) is 26.5 Å². The summed E-state index contributed by atoms with van der Waals surface area (Å²) in [6.07, 6.45) is 0. The van der Waals surface area contributed by atoms with Crippen molar-refractivity contribution in [2.75, 3.05) is 19.6 Å². The molecular formula is C11H20ClN3O2S2. The third-order valence-corrected chi connectivity index (χ3v) is 6.22. The van der Waals surface area contributed by atoms with E-state index in [-0.39, 0.29) is 14.7 Å². The number of aromatic nitrogens is 1. The molecule has 1 N–H and O–H groups in total. The highest BCUT2D eigenvalue weighted by Crippen LogP contribution is 2.26. The van der Waals surface area contributed by atoms with Crippen molar-refractivity contribution in [2.24, 2.45) is 0 Å². The molecule has 0 fully saturated rings. The van der Waals surface area contributed by atoms with Gasteiger partial charge in [0, 0.05) is 12.6 Å². The van der Waals surface area contributed by atoms with Crippen LogP contribution in [-0.4, -0.2) is 44.0 Å². The van der Waals surface area contributed by atoms with Crippen molar-refractivity contribution in [2.45, 2.75) is 37.9 Å². The van der Waals surface area contributed by atoms with Crippen LogP contribution in [0.2, 0.25) is 4.47 Å². The molecule has 0 aromatic carbocycles. The van der Waals surface area contributed by atoms with E-state index in [1.54, 1.807) is 6.92 Å². The number of nitrogens with zero attached hydrogens (tertiary/aromatic N) is 2. The van der Waals surface area contributed by atoms with E-state index in [2.05, 4.69) is 28.5 Å². The van der Waals surface area contributed by atoms with Crippen LogP contribution in [0, 0.1) is 6.92 Å². The van der Waals surface area contributed by atoms with Crippen LogP contribution >= 0.6 is 22.9 Å². The molecule has 0 bridgehead atoms. The molecule has 19 heavy (non-hydrogen) atoms. The van der Waals surface area contributed by atoms with Gasteiger partial charge in [0.15, 0.2) is 8.68 Å².